The van der Waals surface area contributed by atoms with Gasteiger partial charge in [-0.05, 0) is 107 Å². The van der Waals surface area contributed by atoms with Crippen LogP contribution < -0.4 is 9.80 Å². The van der Waals surface area contributed by atoms with Gasteiger partial charge in [-0.1, -0.05) is 121 Å². The maximum absolute atomic E-state index is 2.41. The minimum Gasteiger partial charge on any atom is -0.310 e. The number of thiophene rings is 2. The van der Waals surface area contributed by atoms with E-state index in [9.17, 15) is 0 Å². The molecule has 264 valence electrons. The Morgan fingerprint density at radius 1 is 0.250 bits per heavy atom. The van der Waals surface area contributed by atoms with E-state index in [0.29, 0.717) is 0 Å². The number of hydrogen-bond donors (Lipinski definition) is 0. The summed E-state index contributed by atoms with van der Waals surface area (Å²) in [6.45, 7) is 0. The second-order valence-corrected chi connectivity index (χ2v) is 16.4. The molecule has 0 unspecified atom stereocenters. The molecule has 0 radical (unpaired) electrons. The number of anilines is 6. The van der Waals surface area contributed by atoms with E-state index in [-0.39, 0.29) is 0 Å². The average molecular weight is 751 g/mol. The summed E-state index contributed by atoms with van der Waals surface area (Å²) in [5.41, 5.74) is 9.25. The third-order valence-electron chi connectivity index (χ3n) is 10.8. The lowest BCUT2D eigenvalue weighted by molar-refractivity contribution is 1.29. The fourth-order valence-corrected chi connectivity index (χ4v) is 10.4. The largest absolute Gasteiger partial charge is 0.310 e. The zero-order chi connectivity index (χ0) is 37.0. The van der Waals surface area contributed by atoms with Gasteiger partial charge in [-0.15, -0.1) is 22.7 Å². The van der Waals surface area contributed by atoms with E-state index in [1.54, 1.807) is 0 Å². The molecule has 0 saturated heterocycles. The smallest absolute Gasteiger partial charge is 0.0476 e. The number of hydrogen-bond acceptors (Lipinski definition) is 4. The molecule has 0 saturated carbocycles. The maximum Gasteiger partial charge on any atom is 0.0476 e. The van der Waals surface area contributed by atoms with Gasteiger partial charge in [-0.25, -0.2) is 0 Å². The Morgan fingerprint density at radius 2 is 0.661 bits per heavy atom. The highest BCUT2D eigenvalue weighted by Gasteiger charge is 2.18. The third kappa shape index (κ3) is 5.70. The lowest BCUT2D eigenvalue weighted by atomic mass is 10.0. The Hall–Kier alpha value is -6.72. The number of rotatable bonds is 7. The lowest BCUT2D eigenvalue weighted by Crippen LogP contribution is -2.09. The molecule has 0 aliphatic carbocycles. The van der Waals surface area contributed by atoms with Crippen LogP contribution in [0.5, 0.6) is 0 Å². The molecule has 2 nitrogen and oxygen atoms in total. The van der Waals surface area contributed by atoms with Gasteiger partial charge in [0, 0.05) is 74.5 Å². The molecule has 0 fully saturated rings. The molecule has 0 N–H and O–H groups in total. The lowest BCUT2D eigenvalue weighted by Gasteiger charge is -2.26. The van der Waals surface area contributed by atoms with E-state index in [1.807, 2.05) is 22.7 Å². The minimum absolute atomic E-state index is 1.12. The van der Waals surface area contributed by atoms with Crippen LogP contribution in [0.2, 0.25) is 0 Å². The highest BCUT2D eigenvalue weighted by molar-refractivity contribution is 7.26. The molecule has 0 atom stereocenters. The summed E-state index contributed by atoms with van der Waals surface area (Å²) in [4.78, 5) is 4.75. The van der Waals surface area contributed by atoms with Crippen LogP contribution in [-0.2, 0) is 0 Å². The van der Waals surface area contributed by atoms with Crippen LogP contribution in [0.15, 0.2) is 206 Å². The Morgan fingerprint density at radius 3 is 1.25 bits per heavy atom. The molecular formula is C52H34N2S2. The summed E-state index contributed by atoms with van der Waals surface area (Å²) in [6.07, 6.45) is 0. The minimum atomic E-state index is 1.12. The first-order valence-electron chi connectivity index (χ1n) is 18.9. The van der Waals surface area contributed by atoms with Crippen LogP contribution in [0.1, 0.15) is 0 Å². The zero-order valence-corrected chi connectivity index (χ0v) is 32.0. The van der Waals surface area contributed by atoms with Gasteiger partial charge < -0.3 is 9.80 Å². The van der Waals surface area contributed by atoms with Crippen molar-refractivity contribution in [3.05, 3.63) is 206 Å². The van der Waals surface area contributed by atoms with Gasteiger partial charge in [0.05, 0.1) is 0 Å². The normalized spacial score (nSPS) is 11.6. The van der Waals surface area contributed by atoms with Crippen LogP contribution in [0.25, 0.3) is 62.2 Å². The molecule has 0 bridgehead atoms. The molecule has 0 amide bonds. The Kier molecular flexibility index (Phi) is 7.90. The van der Waals surface area contributed by atoms with Gasteiger partial charge in [0.25, 0.3) is 0 Å². The van der Waals surface area contributed by atoms with Crippen LogP contribution in [0.3, 0.4) is 0 Å². The van der Waals surface area contributed by atoms with E-state index in [4.69, 9.17) is 0 Å². The first kappa shape index (κ1) is 32.7. The zero-order valence-electron chi connectivity index (χ0n) is 30.3. The van der Waals surface area contributed by atoms with Gasteiger partial charge in [-0.3, -0.25) is 0 Å². The molecule has 0 spiro atoms. The second kappa shape index (κ2) is 13.5. The monoisotopic (exact) mass is 750 g/mol. The summed E-state index contributed by atoms with van der Waals surface area (Å²) in [5.74, 6) is 0. The molecule has 0 aliphatic rings. The topological polar surface area (TPSA) is 6.48 Å². The second-order valence-electron chi connectivity index (χ2n) is 14.2. The van der Waals surface area contributed by atoms with Crippen molar-refractivity contribution in [3.63, 3.8) is 0 Å². The number of para-hydroxylation sites is 2. The fourth-order valence-electron chi connectivity index (χ4n) is 8.11. The first-order chi connectivity index (χ1) is 27.7. The molecule has 9 aromatic carbocycles. The Bertz CT molecular complexity index is 3160. The summed E-state index contributed by atoms with van der Waals surface area (Å²) in [7, 11) is 0. The van der Waals surface area contributed by atoms with Gasteiger partial charge >= 0.3 is 0 Å². The van der Waals surface area contributed by atoms with Crippen LogP contribution in [0.4, 0.5) is 34.1 Å². The van der Waals surface area contributed by atoms with Crippen LogP contribution in [-0.4, -0.2) is 0 Å². The third-order valence-corrected chi connectivity index (χ3v) is 13.1. The number of benzene rings is 9. The summed E-state index contributed by atoms with van der Waals surface area (Å²) in [5, 5.41) is 7.68. The van der Waals surface area contributed by atoms with Crippen molar-refractivity contribution in [2.45, 2.75) is 0 Å². The quantitative estimate of drug-likeness (QED) is 0.160. The van der Waals surface area contributed by atoms with Gasteiger partial charge in [0.1, 0.15) is 0 Å². The Labute approximate surface area is 333 Å². The van der Waals surface area contributed by atoms with Crippen molar-refractivity contribution in [1.29, 1.82) is 0 Å². The van der Waals surface area contributed by atoms with E-state index in [0.717, 1.165) is 34.1 Å². The Balaban J connectivity index is 1.03. The van der Waals surface area contributed by atoms with E-state index in [2.05, 4.69) is 216 Å². The predicted octanol–water partition coefficient (Wildman–Crippen LogP) is 16.2. The van der Waals surface area contributed by atoms with Crippen molar-refractivity contribution in [2.24, 2.45) is 0 Å². The standard InChI is InChI=1S/C52H34N2S2/c1-3-13-39(14-4-1)53(40-15-5-2-6-16-40)42-25-29-47-48-30-27-44(34-52(48)56-51(47)32-42)54(43-26-28-46-45-17-9-10-18-49(45)55-50(46)33-43)41-23-21-36(22-24-41)38-20-19-35-11-7-8-12-37(35)31-38/h1-34H. The average Bonchev–Trinajstić information content (AvgIpc) is 3.82. The van der Waals surface area contributed by atoms with Crippen LogP contribution in [0, 0.1) is 0 Å². The summed E-state index contributed by atoms with van der Waals surface area (Å²) in [6, 6.07) is 75.1. The molecule has 2 aromatic heterocycles. The molecule has 11 aromatic rings. The fraction of sp³-hybridized carbons (Fsp3) is 0. The van der Waals surface area contributed by atoms with Crippen LogP contribution >= 0.6 is 22.7 Å². The van der Waals surface area contributed by atoms with Crippen molar-refractivity contribution in [2.75, 3.05) is 9.80 Å². The van der Waals surface area contributed by atoms with Crippen molar-refractivity contribution < 1.29 is 0 Å². The molecular weight excluding hydrogens is 717 g/mol. The number of nitrogens with zero attached hydrogens (tertiary/aromatic N) is 2. The predicted molar refractivity (Wildman–Crippen MR) is 245 cm³/mol. The first-order valence-corrected chi connectivity index (χ1v) is 20.5. The van der Waals surface area contributed by atoms with Crippen molar-refractivity contribution >= 4 is 108 Å². The highest BCUT2D eigenvalue weighted by Crippen LogP contribution is 2.45. The van der Waals surface area contributed by atoms with Gasteiger partial charge in [0.2, 0.25) is 0 Å². The molecule has 56 heavy (non-hydrogen) atoms. The molecule has 2 heterocycles. The molecule has 4 heteroatoms. The molecule has 11 rings (SSSR count). The van der Waals surface area contributed by atoms with E-state index < -0.39 is 0 Å². The van der Waals surface area contributed by atoms with E-state index >= 15 is 0 Å². The highest BCUT2D eigenvalue weighted by atomic mass is 32.1. The van der Waals surface area contributed by atoms with Gasteiger partial charge in [-0.2, -0.15) is 0 Å². The summed E-state index contributed by atoms with van der Waals surface area (Å²) < 4.78 is 5.14. The summed E-state index contributed by atoms with van der Waals surface area (Å²) >= 11 is 3.72. The maximum atomic E-state index is 2.41. The van der Waals surface area contributed by atoms with E-state index in [1.165, 1.54) is 62.2 Å². The SMILES string of the molecule is c1ccc(N(c2ccccc2)c2ccc3c(c2)sc2cc(N(c4ccc(-c5ccc6ccccc6c5)cc4)c4ccc5c(c4)sc4ccccc45)ccc23)cc1. The van der Waals surface area contributed by atoms with Crippen molar-refractivity contribution in [3.8, 4) is 11.1 Å². The molecule has 0 aliphatic heterocycles. The van der Waals surface area contributed by atoms with Gasteiger partial charge in [0.15, 0.2) is 0 Å². The van der Waals surface area contributed by atoms with Crippen molar-refractivity contribution in [1.82, 2.24) is 0 Å². The number of fused-ring (bicyclic) bond motifs is 7.